The Morgan fingerprint density at radius 3 is 1.22 bits per heavy atom. The van der Waals surface area contributed by atoms with Crippen molar-refractivity contribution in [2.75, 3.05) is 13.2 Å². The second-order valence-electron chi connectivity index (χ2n) is 15.5. The summed E-state index contributed by atoms with van der Waals surface area (Å²) in [6.45, 7) is 4.03. The molecule has 2 unspecified atom stereocenters. The summed E-state index contributed by atoms with van der Waals surface area (Å²) < 4.78 is 10.7. The van der Waals surface area contributed by atoms with Crippen molar-refractivity contribution in [1.29, 1.82) is 0 Å². The molecule has 0 bridgehead atoms. The summed E-state index contributed by atoms with van der Waals surface area (Å²) in [6, 6.07) is -2.24. The normalized spacial score (nSPS) is 12.3. The molecule has 0 aromatic carbocycles. The summed E-state index contributed by atoms with van der Waals surface area (Å²) >= 11 is 0. The van der Waals surface area contributed by atoms with Gasteiger partial charge >= 0.3 is 17.9 Å². The first-order valence-corrected chi connectivity index (χ1v) is 22.5. The molecule has 2 N–H and O–H groups in total. The number of carboxylic acid groups (broad SMARTS) is 1. The van der Waals surface area contributed by atoms with Gasteiger partial charge in [-0.3, -0.25) is 14.4 Å². The quantitative estimate of drug-likeness (QED) is 0.0354. The van der Waals surface area contributed by atoms with E-state index in [4.69, 9.17) is 14.6 Å². The molecule has 0 saturated heterocycles. The molecule has 10 nitrogen and oxygen atoms in total. The number of carboxylic acids is 1. The molecule has 0 heterocycles. The van der Waals surface area contributed by atoms with Gasteiger partial charge in [0, 0.05) is 19.3 Å². The molecule has 10 heteroatoms. The molecule has 0 aromatic heterocycles. The Morgan fingerprint density at radius 1 is 0.500 bits per heavy atom. The molecule has 0 aromatic rings. The van der Waals surface area contributed by atoms with Crippen LogP contribution in [0.3, 0.4) is 0 Å². The molecule has 2 atom stereocenters. The predicted octanol–water partition coefficient (Wildman–Crippen LogP) is 12.1. The van der Waals surface area contributed by atoms with E-state index in [1.54, 1.807) is 0 Å². The zero-order valence-corrected chi connectivity index (χ0v) is 34.9. The first-order chi connectivity index (χ1) is 26.3. The van der Waals surface area contributed by atoms with Crippen LogP contribution in [0.25, 0.3) is 0 Å². The van der Waals surface area contributed by atoms with Gasteiger partial charge in [-0.05, 0) is 19.3 Å². The summed E-state index contributed by atoms with van der Waals surface area (Å²) in [5, 5.41) is 14.4. The molecule has 54 heavy (non-hydrogen) atoms. The number of hydrogen-bond acceptors (Lipinski definition) is 8. The second kappa shape index (κ2) is 40.2. The summed E-state index contributed by atoms with van der Waals surface area (Å²) in [5.41, 5.74) is 0. The Kier molecular flexibility index (Phi) is 38.3. The fourth-order valence-corrected chi connectivity index (χ4v) is 6.75. The van der Waals surface area contributed by atoms with Gasteiger partial charge in [-0.2, -0.15) is 0 Å². The van der Waals surface area contributed by atoms with Gasteiger partial charge in [0.15, 0.2) is 6.04 Å². The average molecular weight is 767 g/mol. The lowest BCUT2D eigenvalue weighted by molar-refractivity contribution is -0.149. The van der Waals surface area contributed by atoms with Crippen LogP contribution in [0.2, 0.25) is 0 Å². The van der Waals surface area contributed by atoms with Gasteiger partial charge in [-0.25, -0.2) is 4.79 Å². The molecule has 0 spiro atoms. The van der Waals surface area contributed by atoms with Crippen molar-refractivity contribution >= 4 is 23.8 Å². The average Bonchev–Trinajstić information content (AvgIpc) is 3.15. The maximum absolute atomic E-state index is 12.7. The van der Waals surface area contributed by atoms with Crippen LogP contribution in [0.1, 0.15) is 232 Å². The number of carbonyl (C=O) groups is 4. The third-order valence-electron chi connectivity index (χ3n) is 10.3. The van der Waals surface area contributed by atoms with Gasteiger partial charge in [0.05, 0.1) is 6.04 Å². The smallest absolute Gasteiger partial charge is 0.334 e. The van der Waals surface area contributed by atoms with E-state index in [1.165, 1.54) is 154 Å². The summed E-state index contributed by atoms with van der Waals surface area (Å²) in [6.07, 6.45) is 37.1. The Balaban J connectivity index is 4.31. The highest BCUT2D eigenvalue weighted by atomic mass is 16.5. The van der Waals surface area contributed by atoms with E-state index >= 15 is 0 Å². The SMILES string of the molecule is CCCCCCCCCCCCCCCCCC(=O)NC(COC(=O)CCCCCCCCCCCCCCCCC)COC(=O)C(CCC(=O)O)N=O. The van der Waals surface area contributed by atoms with Crippen molar-refractivity contribution < 1.29 is 33.8 Å². The first-order valence-electron chi connectivity index (χ1n) is 22.5. The number of esters is 2. The van der Waals surface area contributed by atoms with Gasteiger partial charge < -0.3 is 19.9 Å². The Bertz CT molecular complexity index is 915. The number of ether oxygens (including phenoxy) is 2. The molecule has 0 saturated carbocycles. The summed E-state index contributed by atoms with van der Waals surface area (Å²) in [7, 11) is 0. The standard InChI is InChI=1S/C44H82N2O8/c1-3-5-7-9-11-13-15-17-19-21-23-25-27-29-31-33-41(47)45-39(38-54-44(51)40(46-52)35-36-42(48)49)37-53-43(50)34-32-30-28-26-24-22-20-18-16-14-12-10-8-6-4-2/h39-40H,3-38H2,1-2H3,(H,45,47)(H,48,49). The van der Waals surface area contributed by atoms with E-state index in [9.17, 15) is 24.1 Å². The maximum atomic E-state index is 12.7. The monoisotopic (exact) mass is 767 g/mol. The lowest BCUT2D eigenvalue weighted by atomic mass is 10.0. The molecule has 0 aliphatic rings. The molecular weight excluding hydrogens is 684 g/mol. The molecule has 0 aliphatic carbocycles. The number of hydrogen-bond donors (Lipinski definition) is 2. The fraction of sp³-hybridized carbons (Fsp3) is 0.909. The van der Waals surface area contributed by atoms with Crippen LogP contribution >= 0.6 is 0 Å². The van der Waals surface area contributed by atoms with Crippen molar-refractivity contribution in [3.63, 3.8) is 0 Å². The van der Waals surface area contributed by atoms with E-state index < -0.39 is 30.4 Å². The second-order valence-corrected chi connectivity index (χ2v) is 15.5. The number of rotatable bonds is 42. The predicted molar refractivity (Wildman–Crippen MR) is 219 cm³/mol. The minimum absolute atomic E-state index is 0.163. The molecule has 0 radical (unpaired) electrons. The van der Waals surface area contributed by atoms with Gasteiger partial charge in [0.25, 0.3) is 0 Å². The largest absolute Gasteiger partial charge is 0.481 e. The van der Waals surface area contributed by atoms with Crippen LogP contribution in [0.4, 0.5) is 0 Å². The van der Waals surface area contributed by atoms with Crippen LogP contribution in [0.5, 0.6) is 0 Å². The van der Waals surface area contributed by atoms with E-state index in [0.29, 0.717) is 6.42 Å². The highest BCUT2D eigenvalue weighted by Crippen LogP contribution is 2.16. The summed E-state index contributed by atoms with van der Waals surface area (Å²) in [4.78, 5) is 59.6. The Hall–Kier alpha value is -2.52. The number of nitrogens with one attached hydrogen (secondary N) is 1. The van der Waals surface area contributed by atoms with Crippen LogP contribution in [-0.4, -0.2) is 54.2 Å². The van der Waals surface area contributed by atoms with Crippen molar-refractivity contribution in [2.24, 2.45) is 5.18 Å². The van der Waals surface area contributed by atoms with Crippen LogP contribution < -0.4 is 5.32 Å². The zero-order valence-electron chi connectivity index (χ0n) is 34.9. The lowest BCUT2D eigenvalue weighted by Crippen LogP contribution is -2.43. The van der Waals surface area contributed by atoms with Crippen LogP contribution in [-0.2, 0) is 28.7 Å². The molecule has 0 rings (SSSR count). The van der Waals surface area contributed by atoms with Crippen molar-refractivity contribution in [3.05, 3.63) is 4.91 Å². The Labute approximate surface area is 329 Å². The number of aliphatic carboxylic acids is 1. The van der Waals surface area contributed by atoms with E-state index in [-0.39, 0.29) is 37.9 Å². The van der Waals surface area contributed by atoms with E-state index in [2.05, 4.69) is 24.3 Å². The van der Waals surface area contributed by atoms with Crippen LogP contribution in [0, 0.1) is 4.91 Å². The van der Waals surface area contributed by atoms with Gasteiger partial charge in [0.2, 0.25) is 5.91 Å². The van der Waals surface area contributed by atoms with E-state index in [0.717, 1.165) is 38.5 Å². The number of amides is 1. The van der Waals surface area contributed by atoms with Crippen molar-refractivity contribution in [2.45, 2.75) is 244 Å². The molecule has 1 amide bonds. The van der Waals surface area contributed by atoms with Crippen LogP contribution in [0.15, 0.2) is 5.18 Å². The Morgan fingerprint density at radius 2 is 0.852 bits per heavy atom. The van der Waals surface area contributed by atoms with Gasteiger partial charge in [0.1, 0.15) is 13.2 Å². The zero-order chi connectivity index (χ0) is 39.7. The summed E-state index contributed by atoms with van der Waals surface area (Å²) in [5.74, 6) is -2.70. The molecule has 316 valence electrons. The molecular formula is C44H82N2O8. The highest BCUT2D eigenvalue weighted by molar-refractivity contribution is 5.78. The molecule has 0 aliphatic heterocycles. The highest BCUT2D eigenvalue weighted by Gasteiger charge is 2.24. The lowest BCUT2D eigenvalue weighted by Gasteiger charge is -2.19. The van der Waals surface area contributed by atoms with Gasteiger partial charge in [-0.15, -0.1) is 4.91 Å². The minimum atomic E-state index is -1.45. The minimum Gasteiger partial charge on any atom is -0.481 e. The number of nitrogens with zero attached hydrogens (tertiary/aromatic N) is 1. The van der Waals surface area contributed by atoms with Crippen molar-refractivity contribution in [1.82, 2.24) is 5.32 Å². The number of unbranched alkanes of at least 4 members (excludes halogenated alkanes) is 28. The van der Waals surface area contributed by atoms with E-state index in [1.807, 2.05) is 0 Å². The third kappa shape index (κ3) is 36.5. The number of nitroso groups, excluding NO2 is 1. The first kappa shape index (κ1) is 51.5. The fourth-order valence-electron chi connectivity index (χ4n) is 6.75. The topological polar surface area (TPSA) is 148 Å². The molecule has 0 fully saturated rings. The maximum Gasteiger partial charge on any atom is 0.334 e. The third-order valence-corrected chi connectivity index (χ3v) is 10.3. The van der Waals surface area contributed by atoms with Gasteiger partial charge in [-0.1, -0.05) is 199 Å². The van der Waals surface area contributed by atoms with Crippen molar-refractivity contribution in [3.8, 4) is 0 Å². The number of carbonyl (C=O) groups excluding carboxylic acids is 3.